The third-order valence-electron chi connectivity index (χ3n) is 3.05. The topological polar surface area (TPSA) is 56.3 Å². The summed E-state index contributed by atoms with van der Waals surface area (Å²) in [6, 6.07) is 15.5. The second kappa shape index (κ2) is 6.44. The van der Waals surface area contributed by atoms with Crippen molar-refractivity contribution in [1.82, 2.24) is 10.2 Å². The van der Waals surface area contributed by atoms with Gasteiger partial charge >= 0.3 is 0 Å². The Morgan fingerprint density at radius 3 is 2.23 bits per heavy atom. The lowest BCUT2D eigenvalue weighted by Crippen LogP contribution is -1.88. The van der Waals surface area contributed by atoms with Gasteiger partial charge in [-0.3, -0.25) is 0 Å². The molecule has 22 heavy (non-hydrogen) atoms. The lowest BCUT2D eigenvalue weighted by atomic mass is 10.2. The number of ether oxygens (including phenoxy) is 2. The molecule has 3 rings (SSSR count). The molecule has 0 saturated heterocycles. The molecular weight excluding hydrogens is 298 g/mol. The smallest absolute Gasteiger partial charge is 0.210 e. The first-order valence-corrected chi connectivity index (χ1v) is 7.49. The SMILES string of the molecule is COc1cc(OC)cc(-c2nnc(Nc3ccccc3)s2)c1. The van der Waals surface area contributed by atoms with Crippen molar-refractivity contribution >= 4 is 22.2 Å². The zero-order valence-electron chi connectivity index (χ0n) is 12.2. The van der Waals surface area contributed by atoms with Gasteiger partial charge in [0.15, 0.2) is 0 Å². The fraction of sp³-hybridized carbons (Fsp3) is 0.125. The van der Waals surface area contributed by atoms with Crippen LogP contribution in [0, 0.1) is 0 Å². The Balaban J connectivity index is 1.87. The van der Waals surface area contributed by atoms with Crippen LogP contribution in [-0.4, -0.2) is 24.4 Å². The maximum absolute atomic E-state index is 5.28. The lowest BCUT2D eigenvalue weighted by molar-refractivity contribution is 0.394. The normalized spacial score (nSPS) is 10.3. The number of para-hydroxylation sites is 1. The van der Waals surface area contributed by atoms with E-state index >= 15 is 0 Å². The molecule has 1 heterocycles. The van der Waals surface area contributed by atoms with Crippen molar-refractivity contribution in [3.05, 3.63) is 48.5 Å². The molecule has 0 radical (unpaired) electrons. The van der Waals surface area contributed by atoms with Crippen LogP contribution in [0.5, 0.6) is 11.5 Å². The zero-order valence-corrected chi connectivity index (χ0v) is 13.1. The number of nitrogens with one attached hydrogen (secondary N) is 1. The number of rotatable bonds is 5. The quantitative estimate of drug-likeness (QED) is 0.772. The number of aromatic nitrogens is 2. The largest absolute Gasteiger partial charge is 0.497 e. The lowest BCUT2D eigenvalue weighted by Gasteiger charge is -2.06. The highest BCUT2D eigenvalue weighted by Gasteiger charge is 2.10. The fourth-order valence-electron chi connectivity index (χ4n) is 1.97. The summed E-state index contributed by atoms with van der Waals surface area (Å²) in [6.07, 6.45) is 0. The predicted molar refractivity (Wildman–Crippen MR) is 88.2 cm³/mol. The summed E-state index contributed by atoms with van der Waals surface area (Å²) in [5.74, 6) is 1.45. The molecule has 0 spiro atoms. The molecular formula is C16H15N3O2S. The molecule has 2 aromatic carbocycles. The van der Waals surface area contributed by atoms with E-state index in [2.05, 4.69) is 15.5 Å². The second-order valence-corrected chi connectivity index (χ2v) is 5.48. The Hall–Kier alpha value is -2.60. The van der Waals surface area contributed by atoms with Crippen molar-refractivity contribution in [1.29, 1.82) is 0 Å². The predicted octanol–water partition coefficient (Wildman–Crippen LogP) is 3.97. The Bertz CT molecular complexity index is 737. The molecule has 1 aromatic heterocycles. The van der Waals surface area contributed by atoms with E-state index < -0.39 is 0 Å². The summed E-state index contributed by atoms with van der Waals surface area (Å²) in [7, 11) is 3.25. The first kappa shape index (κ1) is 14.3. The highest BCUT2D eigenvalue weighted by molar-refractivity contribution is 7.18. The third-order valence-corrected chi connectivity index (χ3v) is 3.94. The van der Waals surface area contributed by atoms with Gasteiger partial charge in [-0.25, -0.2) is 0 Å². The summed E-state index contributed by atoms with van der Waals surface area (Å²) in [4.78, 5) is 0. The van der Waals surface area contributed by atoms with E-state index in [9.17, 15) is 0 Å². The van der Waals surface area contributed by atoms with E-state index in [-0.39, 0.29) is 0 Å². The first-order chi connectivity index (χ1) is 10.8. The highest BCUT2D eigenvalue weighted by Crippen LogP contribution is 2.33. The second-order valence-electron chi connectivity index (χ2n) is 4.50. The van der Waals surface area contributed by atoms with Gasteiger partial charge in [0.25, 0.3) is 0 Å². The minimum absolute atomic E-state index is 0.724. The number of nitrogens with zero attached hydrogens (tertiary/aromatic N) is 2. The van der Waals surface area contributed by atoms with Crippen LogP contribution in [-0.2, 0) is 0 Å². The number of hydrogen-bond donors (Lipinski definition) is 1. The molecule has 0 saturated carbocycles. The van der Waals surface area contributed by atoms with Crippen LogP contribution in [0.3, 0.4) is 0 Å². The minimum atomic E-state index is 0.724. The molecule has 0 fully saturated rings. The molecule has 5 nitrogen and oxygen atoms in total. The molecule has 0 amide bonds. The number of hydrogen-bond acceptors (Lipinski definition) is 6. The van der Waals surface area contributed by atoms with Gasteiger partial charge in [0.2, 0.25) is 5.13 Å². The van der Waals surface area contributed by atoms with E-state index in [0.717, 1.165) is 32.9 Å². The molecule has 112 valence electrons. The van der Waals surface area contributed by atoms with Gasteiger partial charge < -0.3 is 14.8 Å². The van der Waals surface area contributed by atoms with Crippen LogP contribution in [0.25, 0.3) is 10.6 Å². The number of benzene rings is 2. The van der Waals surface area contributed by atoms with Crippen molar-refractivity contribution in [2.75, 3.05) is 19.5 Å². The van der Waals surface area contributed by atoms with Gasteiger partial charge in [0, 0.05) is 17.3 Å². The molecule has 0 bridgehead atoms. The van der Waals surface area contributed by atoms with Gasteiger partial charge in [0.1, 0.15) is 16.5 Å². The van der Waals surface area contributed by atoms with Gasteiger partial charge in [-0.1, -0.05) is 29.5 Å². The van der Waals surface area contributed by atoms with E-state index in [4.69, 9.17) is 9.47 Å². The van der Waals surface area contributed by atoms with Crippen molar-refractivity contribution in [2.24, 2.45) is 0 Å². The maximum atomic E-state index is 5.28. The Kier molecular flexibility index (Phi) is 4.20. The Morgan fingerprint density at radius 2 is 1.59 bits per heavy atom. The molecule has 0 aliphatic rings. The van der Waals surface area contributed by atoms with Gasteiger partial charge in [-0.05, 0) is 24.3 Å². The van der Waals surface area contributed by atoms with E-state index in [0.29, 0.717) is 0 Å². The Labute approximate surface area is 132 Å². The molecule has 0 unspecified atom stereocenters. The van der Waals surface area contributed by atoms with Gasteiger partial charge in [-0.15, -0.1) is 10.2 Å². The van der Waals surface area contributed by atoms with Gasteiger partial charge in [0.05, 0.1) is 14.2 Å². The highest BCUT2D eigenvalue weighted by atomic mass is 32.1. The van der Waals surface area contributed by atoms with E-state index in [1.807, 2.05) is 48.5 Å². The summed E-state index contributed by atoms with van der Waals surface area (Å²) in [5, 5.41) is 13.2. The average Bonchev–Trinajstić information content (AvgIpc) is 3.03. The summed E-state index contributed by atoms with van der Waals surface area (Å²) < 4.78 is 10.6. The number of anilines is 2. The van der Waals surface area contributed by atoms with Crippen molar-refractivity contribution in [3.8, 4) is 22.1 Å². The van der Waals surface area contributed by atoms with Crippen LogP contribution in [0.15, 0.2) is 48.5 Å². The average molecular weight is 313 g/mol. The van der Waals surface area contributed by atoms with Crippen LogP contribution < -0.4 is 14.8 Å². The molecule has 3 aromatic rings. The fourth-order valence-corrected chi connectivity index (χ4v) is 2.72. The van der Waals surface area contributed by atoms with Crippen LogP contribution in [0.2, 0.25) is 0 Å². The summed E-state index contributed by atoms with van der Waals surface area (Å²) in [6.45, 7) is 0. The molecule has 0 atom stereocenters. The first-order valence-electron chi connectivity index (χ1n) is 6.67. The molecule has 6 heteroatoms. The van der Waals surface area contributed by atoms with Gasteiger partial charge in [-0.2, -0.15) is 0 Å². The van der Waals surface area contributed by atoms with Crippen molar-refractivity contribution < 1.29 is 9.47 Å². The van der Waals surface area contributed by atoms with Crippen LogP contribution >= 0.6 is 11.3 Å². The summed E-state index contributed by atoms with van der Waals surface area (Å²) >= 11 is 1.47. The summed E-state index contributed by atoms with van der Waals surface area (Å²) in [5.41, 5.74) is 1.89. The van der Waals surface area contributed by atoms with E-state index in [1.54, 1.807) is 14.2 Å². The van der Waals surface area contributed by atoms with Crippen molar-refractivity contribution in [2.45, 2.75) is 0 Å². The molecule has 0 aliphatic carbocycles. The van der Waals surface area contributed by atoms with Crippen molar-refractivity contribution in [3.63, 3.8) is 0 Å². The van der Waals surface area contributed by atoms with Crippen LogP contribution in [0.1, 0.15) is 0 Å². The number of methoxy groups -OCH3 is 2. The maximum Gasteiger partial charge on any atom is 0.210 e. The standard InChI is InChI=1S/C16H15N3O2S/c1-20-13-8-11(9-14(10-13)21-2)15-18-19-16(22-15)17-12-6-4-3-5-7-12/h3-10H,1-2H3,(H,17,19). The third kappa shape index (κ3) is 3.17. The van der Waals surface area contributed by atoms with E-state index in [1.165, 1.54) is 11.3 Å². The minimum Gasteiger partial charge on any atom is -0.497 e. The zero-order chi connectivity index (χ0) is 15.4. The van der Waals surface area contributed by atoms with Crippen LogP contribution in [0.4, 0.5) is 10.8 Å². The molecule has 1 N–H and O–H groups in total. The monoisotopic (exact) mass is 313 g/mol. The molecule has 0 aliphatic heterocycles. The Morgan fingerprint density at radius 1 is 0.909 bits per heavy atom.